The van der Waals surface area contributed by atoms with Gasteiger partial charge in [-0.25, -0.2) is 10.3 Å². The van der Waals surface area contributed by atoms with Crippen molar-refractivity contribution in [1.82, 2.24) is 20.8 Å². The summed E-state index contributed by atoms with van der Waals surface area (Å²) in [4.78, 5) is 48.1. The van der Waals surface area contributed by atoms with Crippen molar-refractivity contribution >= 4 is 35.6 Å². The minimum Gasteiger partial charge on any atom is -0.478 e. The Morgan fingerprint density at radius 2 is 1.64 bits per heavy atom. The summed E-state index contributed by atoms with van der Waals surface area (Å²) in [6.07, 6.45) is 2.86. The van der Waals surface area contributed by atoms with Crippen LogP contribution in [0.25, 0.3) is 0 Å². The van der Waals surface area contributed by atoms with Gasteiger partial charge >= 0.3 is 5.97 Å². The van der Waals surface area contributed by atoms with Crippen LogP contribution in [0.4, 0.5) is 0 Å². The number of hydrogen-bond acceptors (Lipinski definition) is 7. The minimum absolute atomic E-state index is 0.0167. The van der Waals surface area contributed by atoms with Crippen LogP contribution in [0.2, 0.25) is 0 Å². The van der Waals surface area contributed by atoms with Crippen molar-refractivity contribution in [3.63, 3.8) is 0 Å². The van der Waals surface area contributed by atoms with Crippen LogP contribution in [0.15, 0.2) is 53.4 Å². The zero-order valence-electron chi connectivity index (χ0n) is 20.1. The molecule has 194 valence electrons. The number of amides is 3. The highest BCUT2D eigenvalue weighted by atomic mass is 32.2. The highest BCUT2D eigenvalue weighted by Gasteiger charge is 2.21. The van der Waals surface area contributed by atoms with Gasteiger partial charge in [0.2, 0.25) is 11.8 Å². The van der Waals surface area contributed by atoms with E-state index in [-0.39, 0.29) is 37.4 Å². The maximum Gasteiger partial charge on any atom is 0.335 e. The van der Waals surface area contributed by atoms with Crippen molar-refractivity contribution in [2.24, 2.45) is 0 Å². The van der Waals surface area contributed by atoms with Crippen molar-refractivity contribution in [2.45, 2.75) is 50.0 Å². The molecule has 0 aliphatic heterocycles. The van der Waals surface area contributed by atoms with Gasteiger partial charge in [0.1, 0.15) is 6.04 Å². The molecule has 2 aromatic rings. The van der Waals surface area contributed by atoms with Crippen LogP contribution in [0.1, 0.15) is 47.7 Å². The second-order valence-corrected chi connectivity index (χ2v) is 9.01. The number of benzene rings is 2. The van der Waals surface area contributed by atoms with Crippen molar-refractivity contribution in [3.05, 3.63) is 65.2 Å². The fraction of sp³-hybridized carbons (Fsp3) is 0.360. The van der Waals surface area contributed by atoms with Gasteiger partial charge in [-0.2, -0.15) is 0 Å². The zero-order chi connectivity index (χ0) is 26.3. The maximum absolute atomic E-state index is 12.2. The summed E-state index contributed by atoms with van der Waals surface area (Å²) in [6, 6.07) is 13.3. The Morgan fingerprint density at radius 3 is 2.28 bits per heavy atom. The summed E-state index contributed by atoms with van der Waals surface area (Å²) in [5.74, 6) is -2.61. The van der Waals surface area contributed by atoms with Gasteiger partial charge in [0.15, 0.2) is 0 Å². The molecular weight excluding hydrogens is 484 g/mol. The molecule has 0 heterocycles. The van der Waals surface area contributed by atoms with Gasteiger partial charge in [-0.05, 0) is 54.1 Å². The third-order valence-corrected chi connectivity index (χ3v) is 6.03. The number of carboxylic acids is 1. The average molecular weight is 517 g/mol. The number of hydrogen-bond donors (Lipinski definition) is 6. The average Bonchev–Trinajstić information content (AvgIpc) is 2.88. The van der Waals surface area contributed by atoms with Crippen LogP contribution in [-0.4, -0.2) is 53.1 Å². The van der Waals surface area contributed by atoms with E-state index in [0.29, 0.717) is 11.3 Å². The van der Waals surface area contributed by atoms with Gasteiger partial charge in [0.25, 0.3) is 5.91 Å². The lowest BCUT2D eigenvalue weighted by molar-refractivity contribution is -0.134. The normalized spacial score (nSPS) is 11.4. The first-order chi connectivity index (χ1) is 17.3. The van der Waals surface area contributed by atoms with Crippen LogP contribution < -0.4 is 20.8 Å². The molecular formula is C25H32N4O6S. The maximum atomic E-state index is 12.2. The molecule has 0 aromatic heterocycles. The molecule has 0 saturated heterocycles. The van der Waals surface area contributed by atoms with E-state index in [9.17, 15) is 19.2 Å². The largest absolute Gasteiger partial charge is 0.478 e. The number of aryl methyl sites for hydroxylation is 2. The molecule has 36 heavy (non-hydrogen) atoms. The third-order valence-electron chi connectivity index (χ3n) is 5.19. The standard InChI is InChI=1S/C25H32N4O6S/c1-2-4-17-7-9-18(10-8-17)11-12-22(30)26-16-21(24(32)29-35)28-23(31)13-14-27-36-20-6-3-5-19(15-20)25(33)34/h3,5-10,15,21,27,35H,2,4,11-14,16H2,1H3,(H,26,30)(H,28,31)(H,29,32)(H,33,34)/t21-/m0/s1. The molecule has 0 unspecified atom stereocenters. The smallest absolute Gasteiger partial charge is 0.335 e. The summed E-state index contributed by atoms with van der Waals surface area (Å²) in [5, 5.41) is 23.1. The summed E-state index contributed by atoms with van der Waals surface area (Å²) < 4.78 is 2.95. The Balaban J connectivity index is 1.73. The quantitative estimate of drug-likeness (QED) is 0.0909. The van der Waals surface area contributed by atoms with E-state index in [1.807, 2.05) is 24.3 Å². The SMILES string of the molecule is CCCc1ccc(CCC(=O)NC[C@H](NC(=O)CCNSc2cccc(C(=O)O)c2)C(=O)NO)cc1. The lowest BCUT2D eigenvalue weighted by Crippen LogP contribution is -2.52. The predicted molar refractivity (Wildman–Crippen MR) is 136 cm³/mol. The molecule has 0 fully saturated rings. The topological polar surface area (TPSA) is 157 Å². The molecule has 0 spiro atoms. The van der Waals surface area contributed by atoms with Gasteiger partial charge < -0.3 is 15.7 Å². The fourth-order valence-electron chi connectivity index (χ4n) is 3.27. The second kappa shape index (κ2) is 15.6. The lowest BCUT2D eigenvalue weighted by atomic mass is 10.0. The van der Waals surface area contributed by atoms with E-state index in [4.69, 9.17) is 10.3 Å². The zero-order valence-corrected chi connectivity index (χ0v) is 20.9. The molecule has 2 rings (SSSR count). The second-order valence-electron chi connectivity index (χ2n) is 8.05. The highest BCUT2D eigenvalue weighted by Crippen LogP contribution is 2.16. The van der Waals surface area contributed by atoms with Crippen molar-refractivity contribution < 1.29 is 29.5 Å². The van der Waals surface area contributed by atoms with Crippen LogP contribution in [-0.2, 0) is 27.2 Å². The Morgan fingerprint density at radius 1 is 0.944 bits per heavy atom. The molecule has 0 radical (unpaired) electrons. The van der Waals surface area contributed by atoms with Crippen LogP contribution in [0.5, 0.6) is 0 Å². The monoisotopic (exact) mass is 516 g/mol. The Kier molecular flexibility index (Phi) is 12.5. The van der Waals surface area contributed by atoms with E-state index in [2.05, 4.69) is 22.3 Å². The molecule has 3 amide bonds. The van der Waals surface area contributed by atoms with Crippen LogP contribution in [0.3, 0.4) is 0 Å². The number of rotatable bonds is 15. The number of aromatic carboxylic acids is 1. The molecule has 0 bridgehead atoms. The Labute approximate surface area is 214 Å². The van der Waals surface area contributed by atoms with E-state index in [1.165, 1.54) is 35.1 Å². The number of carbonyl (C=O) groups excluding carboxylic acids is 3. The fourth-order valence-corrected chi connectivity index (χ4v) is 3.97. The van der Waals surface area contributed by atoms with Crippen molar-refractivity contribution in [1.29, 1.82) is 0 Å². The highest BCUT2D eigenvalue weighted by molar-refractivity contribution is 7.97. The number of carboxylic acid groups (broad SMARTS) is 1. The summed E-state index contributed by atoms with van der Waals surface area (Å²) in [5.41, 5.74) is 3.94. The predicted octanol–water partition coefficient (Wildman–Crippen LogP) is 2.06. The first-order valence-electron chi connectivity index (χ1n) is 11.6. The Bertz CT molecular complexity index is 1030. The molecule has 1 atom stereocenters. The van der Waals surface area contributed by atoms with Crippen LogP contribution >= 0.6 is 11.9 Å². The molecule has 2 aromatic carbocycles. The number of nitrogens with one attached hydrogen (secondary N) is 4. The summed E-state index contributed by atoms with van der Waals surface area (Å²) in [6.45, 7) is 2.19. The molecule has 0 aliphatic rings. The third kappa shape index (κ3) is 10.5. The van der Waals surface area contributed by atoms with E-state index < -0.39 is 23.8 Å². The first kappa shape index (κ1) is 28.8. The number of carbonyl (C=O) groups is 4. The molecule has 11 heteroatoms. The minimum atomic E-state index is -1.14. The first-order valence-corrected chi connectivity index (χ1v) is 12.4. The van der Waals surface area contributed by atoms with Crippen LogP contribution in [0, 0.1) is 0 Å². The van der Waals surface area contributed by atoms with E-state index in [1.54, 1.807) is 12.1 Å². The molecule has 0 aliphatic carbocycles. The van der Waals surface area contributed by atoms with Crippen molar-refractivity contribution in [2.75, 3.05) is 13.1 Å². The van der Waals surface area contributed by atoms with Gasteiger partial charge in [0, 0.05) is 30.8 Å². The molecule has 0 saturated carbocycles. The number of hydroxylamine groups is 1. The van der Waals surface area contributed by atoms with Gasteiger partial charge in [-0.1, -0.05) is 43.7 Å². The van der Waals surface area contributed by atoms with Gasteiger partial charge in [0.05, 0.1) is 5.56 Å². The van der Waals surface area contributed by atoms with E-state index in [0.717, 1.165) is 18.4 Å². The lowest BCUT2D eigenvalue weighted by Gasteiger charge is -2.17. The molecule has 10 nitrogen and oxygen atoms in total. The summed E-state index contributed by atoms with van der Waals surface area (Å²) >= 11 is 1.17. The summed E-state index contributed by atoms with van der Waals surface area (Å²) in [7, 11) is 0. The molecule has 6 N–H and O–H groups in total. The van der Waals surface area contributed by atoms with Gasteiger partial charge in [-0.3, -0.25) is 24.3 Å². The van der Waals surface area contributed by atoms with E-state index >= 15 is 0 Å². The van der Waals surface area contributed by atoms with Gasteiger partial charge in [-0.15, -0.1) is 0 Å². The Hall–Kier alpha value is -3.41. The van der Waals surface area contributed by atoms with Crippen molar-refractivity contribution in [3.8, 4) is 0 Å².